The van der Waals surface area contributed by atoms with Crippen molar-refractivity contribution in [3.05, 3.63) is 47.5 Å². The Hall–Kier alpha value is -4.68. The lowest BCUT2D eigenvalue weighted by Crippen LogP contribution is -2.51. The number of benzene rings is 2. The van der Waals surface area contributed by atoms with Crippen LogP contribution in [0, 0.1) is 58.2 Å². The van der Waals surface area contributed by atoms with Crippen LogP contribution in [0.4, 0.5) is 0 Å². The fourth-order valence-electron chi connectivity index (χ4n) is 9.29. The van der Waals surface area contributed by atoms with Crippen molar-refractivity contribution in [3.8, 4) is 23.0 Å². The molecule has 8 atom stereocenters. The Morgan fingerprint density at radius 1 is 0.506 bits per heavy atom. The Morgan fingerprint density at radius 3 is 1.14 bits per heavy atom. The van der Waals surface area contributed by atoms with Gasteiger partial charge in [-0.25, -0.2) is 0 Å². The number of nitrogens with one attached hydrogen (secondary N) is 2. The summed E-state index contributed by atoms with van der Waals surface area (Å²) in [6, 6.07) is 10.8. The second kappa shape index (κ2) is 33.7. The normalized spacial score (nSPS) is 15.4. The van der Waals surface area contributed by atoms with E-state index < -0.39 is 58.8 Å². The number of rotatable bonds is 40. The minimum Gasteiger partial charge on any atom is -0.493 e. The number of hydrogen-bond acceptors (Lipinski definition) is 13. The first-order valence-corrected chi connectivity index (χ1v) is 28.0. The van der Waals surface area contributed by atoms with Crippen LogP contribution < -0.4 is 52.5 Å². The maximum absolute atomic E-state index is 14.4. The van der Waals surface area contributed by atoms with E-state index in [-0.39, 0.29) is 73.3 Å². The Morgan fingerprint density at radius 2 is 0.857 bits per heavy atom. The molecule has 2 aromatic carbocycles. The smallest absolute Gasteiger partial charge is 0.224 e. The second-order valence-electron chi connectivity index (χ2n) is 23.9. The van der Waals surface area contributed by atoms with Gasteiger partial charge in [0.05, 0.1) is 50.5 Å². The molecular formula is C60H104N6O11. The van der Waals surface area contributed by atoms with Crippen molar-refractivity contribution >= 4 is 23.6 Å². The molecule has 0 aliphatic heterocycles. The highest BCUT2D eigenvalue weighted by Crippen LogP contribution is 2.36. The lowest BCUT2D eigenvalue weighted by Gasteiger charge is -2.39. The molecule has 0 aliphatic rings. The number of ether oxygens (including phenoxy) is 7. The molecule has 440 valence electrons. The molecule has 17 nitrogen and oxygen atoms in total. The molecule has 0 saturated heterocycles. The van der Waals surface area contributed by atoms with Gasteiger partial charge in [-0.3, -0.25) is 19.2 Å². The molecule has 0 saturated carbocycles. The van der Waals surface area contributed by atoms with E-state index in [2.05, 4.69) is 38.3 Å². The summed E-state index contributed by atoms with van der Waals surface area (Å²) in [6.07, 6.45) is 2.88. The van der Waals surface area contributed by atoms with Gasteiger partial charge in [-0.2, -0.15) is 0 Å². The van der Waals surface area contributed by atoms with Crippen LogP contribution in [0.25, 0.3) is 0 Å². The maximum atomic E-state index is 14.4. The number of carbonyl (C=O) groups is 4. The molecule has 2 aromatic rings. The molecule has 0 aromatic heterocycles. The van der Waals surface area contributed by atoms with E-state index >= 15 is 0 Å². The zero-order chi connectivity index (χ0) is 58.2. The van der Waals surface area contributed by atoms with Crippen molar-refractivity contribution in [2.45, 2.75) is 159 Å². The summed E-state index contributed by atoms with van der Waals surface area (Å²) in [5.74, 6) is 0.0281. The Bertz CT molecular complexity index is 1940. The molecule has 0 bridgehead atoms. The summed E-state index contributed by atoms with van der Waals surface area (Å²) < 4.78 is 41.6. The number of amides is 4. The van der Waals surface area contributed by atoms with E-state index in [1.165, 1.54) is 0 Å². The van der Waals surface area contributed by atoms with Crippen molar-refractivity contribution in [1.29, 1.82) is 0 Å². The van der Waals surface area contributed by atoms with Gasteiger partial charge < -0.3 is 66.7 Å². The summed E-state index contributed by atoms with van der Waals surface area (Å²) in [5, 5.41) is 6.04. The molecule has 17 heteroatoms. The highest BCUT2D eigenvalue weighted by atomic mass is 16.5. The average Bonchev–Trinajstić information content (AvgIpc) is 3.36. The summed E-state index contributed by atoms with van der Waals surface area (Å²) >= 11 is 0. The first kappa shape index (κ1) is 68.4. The number of hydrogen-bond donors (Lipinski definition) is 6. The van der Waals surface area contributed by atoms with Crippen LogP contribution in [0.5, 0.6) is 23.0 Å². The summed E-state index contributed by atoms with van der Waals surface area (Å²) in [4.78, 5) is 53.5. The van der Waals surface area contributed by atoms with Gasteiger partial charge in [0.25, 0.3) is 0 Å². The summed E-state index contributed by atoms with van der Waals surface area (Å²) in [6.45, 7) is 25.6. The van der Waals surface area contributed by atoms with E-state index in [1.807, 2.05) is 64.1 Å². The third-order valence-corrected chi connectivity index (χ3v) is 15.3. The van der Waals surface area contributed by atoms with Gasteiger partial charge in [-0.1, -0.05) is 67.5 Å². The van der Waals surface area contributed by atoms with E-state index in [0.717, 1.165) is 24.0 Å². The van der Waals surface area contributed by atoms with Crippen molar-refractivity contribution in [2.75, 3.05) is 68.0 Å². The first-order chi connectivity index (χ1) is 36.1. The van der Waals surface area contributed by atoms with Crippen LogP contribution >= 0.6 is 0 Å². The number of nitrogens with two attached hydrogens (primary N) is 4. The number of carbonyl (C=O) groups excluding carboxylic acids is 4. The van der Waals surface area contributed by atoms with Gasteiger partial charge in [-0.05, 0) is 137 Å². The maximum Gasteiger partial charge on any atom is 0.224 e. The fourth-order valence-corrected chi connectivity index (χ4v) is 9.29. The van der Waals surface area contributed by atoms with Crippen LogP contribution in [0.3, 0.4) is 0 Å². The van der Waals surface area contributed by atoms with Crippen molar-refractivity contribution < 1.29 is 52.3 Å². The predicted octanol–water partition coefficient (Wildman–Crippen LogP) is 7.63. The molecule has 0 fully saturated rings. The highest BCUT2D eigenvalue weighted by molar-refractivity contribution is 5.83. The Balaban J connectivity index is 2.80. The van der Waals surface area contributed by atoms with Crippen LogP contribution in [-0.4, -0.2) is 116 Å². The largest absolute Gasteiger partial charge is 0.493 e. The van der Waals surface area contributed by atoms with Gasteiger partial charge in [0, 0.05) is 77.3 Å². The van der Waals surface area contributed by atoms with Gasteiger partial charge >= 0.3 is 0 Å². The van der Waals surface area contributed by atoms with Crippen molar-refractivity contribution in [2.24, 2.45) is 81.1 Å². The zero-order valence-corrected chi connectivity index (χ0v) is 50.1. The van der Waals surface area contributed by atoms with Crippen molar-refractivity contribution in [1.82, 2.24) is 10.6 Å². The van der Waals surface area contributed by atoms with E-state index in [0.29, 0.717) is 75.1 Å². The number of primary amides is 2. The first-order valence-electron chi connectivity index (χ1n) is 28.0. The third-order valence-electron chi connectivity index (χ3n) is 15.3. The van der Waals surface area contributed by atoms with Crippen LogP contribution in [0.2, 0.25) is 0 Å². The molecule has 2 rings (SSSR count). The van der Waals surface area contributed by atoms with E-state index in [1.54, 1.807) is 56.1 Å². The van der Waals surface area contributed by atoms with Gasteiger partial charge in [-0.15, -0.1) is 0 Å². The van der Waals surface area contributed by atoms with E-state index in [4.69, 9.17) is 56.1 Å². The SMILES string of the molecule is COCCCOc1cc(C[C@@H](C[C@H](N)[C@H](C[C@H](C(=O)NCC(C)(C)C(N)=O)C(C)C)O[C@@H](C[C@H](C(=O)NCC(C)(C)C(N)=O)C(C)C)[C@@H](N)C[C@H](Cc2ccc(OC)c(OCCCOC)c2)C(C)C)C(C)C)ccc1OC. The van der Waals surface area contributed by atoms with Gasteiger partial charge in [0.2, 0.25) is 23.6 Å². The standard InChI is InChI=1S/C60H104N6O11/c1-37(2)43(27-41-19-21-49(73-15)53(29-41)75-25-17-23-71-13)31-47(61)51(33-45(39(5)6)55(67)65-35-59(9,10)57(63)69)77-52(34-46(40(7)8)56(68)66-36-60(11,12)58(64)70)48(62)32-44(38(3)4)28-42-20-22-50(74-16)54(30-42)76-26-18-24-72-14/h19-22,29-30,37-40,43-48,51-52H,17-18,23-28,31-36,61-62H2,1-16H3,(H2,63,69)(H2,64,70)(H,65,67)(H,66,68)/t43-,44-,45-,46-,47-,48-,51-,52-/m0/s1. The lowest BCUT2D eigenvalue weighted by atomic mass is 9.79. The Kier molecular flexibility index (Phi) is 29.9. The molecular weight excluding hydrogens is 981 g/mol. The topological polar surface area (TPSA) is 261 Å². The molecule has 0 heterocycles. The third kappa shape index (κ3) is 23.3. The monoisotopic (exact) mass is 1080 g/mol. The predicted molar refractivity (Wildman–Crippen MR) is 306 cm³/mol. The Labute approximate surface area is 463 Å². The van der Waals surface area contributed by atoms with Crippen molar-refractivity contribution in [3.63, 3.8) is 0 Å². The second-order valence-corrected chi connectivity index (χ2v) is 23.9. The molecule has 10 N–H and O–H groups in total. The average molecular weight is 1090 g/mol. The fraction of sp³-hybridized carbons (Fsp3) is 0.733. The van der Waals surface area contributed by atoms with Crippen LogP contribution in [0.15, 0.2) is 36.4 Å². The van der Waals surface area contributed by atoms with Gasteiger partial charge in [0.1, 0.15) is 0 Å². The molecule has 77 heavy (non-hydrogen) atoms. The minimum absolute atomic E-state index is 0.0504. The summed E-state index contributed by atoms with van der Waals surface area (Å²) in [7, 11) is 6.57. The van der Waals surface area contributed by atoms with Gasteiger partial charge in [0.15, 0.2) is 23.0 Å². The molecule has 4 amide bonds. The van der Waals surface area contributed by atoms with E-state index in [9.17, 15) is 19.2 Å². The molecule has 0 spiro atoms. The molecule has 0 unspecified atom stereocenters. The highest BCUT2D eigenvalue weighted by Gasteiger charge is 2.39. The van der Waals surface area contributed by atoms with Crippen LogP contribution in [-0.2, 0) is 46.2 Å². The minimum atomic E-state index is -0.987. The molecule has 0 aliphatic carbocycles. The lowest BCUT2D eigenvalue weighted by molar-refractivity contribution is -0.132. The zero-order valence-electron chi connectivity index (χ0n) is 50.1. The number of methoxy groups -OCH3 is 4. The molecule has 0 radical (unpaired) electrons. The summed E-state index contributed by atoms with van der Waals surface area (Å²) in [5.41, 5.74) is 26.6. The van der Waals surface area contributed by atoms with Crippen LogP contribution in [0.1, 0.15) is 133 Å². The quantitative estimate of drug-likeness (QED) is 0.0351.